The van der Waals surface area contributed by atoms with E-state index in [0.29, 0.717) is 18.9 Å². The van der Waals surface area contributed by atoms with Gasteiger partial charge in [-0.1, -0.05) is 30.3 Å². The number of hydrogen-bond donors (Lipinski definition) is 0. The maximum atomic E-state index is 12.4. The van der Waals surface area contributed by atoms with Crippen molar-refractivity contribution in [3.8, 4) is 0 Å². The van der Waals surface area contributed by atoms with Crippen molar-refractivity contribution in [2.24, 2.45) is 0 Å². The molecule has 1 saturated heterocycles. The van der Waals surface area contributed by atoms with Crippen LogP contribution >= 0.6 is 0 Å². The van der Waals surface area contributed by atoms with Gasteiger partial charge in [-0.05, 0) is 5.56 Å². The van der Waals surface area contributed by atoms with E-state index in [9.17, 15) is 4.79 Å². The zero-order chi connectivity index (χ0) is 15.4. The molecule has 0 unspecified atom stereocenters. The second-order valence-electron chi connectivity index (χ2n) is 5.17. The van der Waals surface area contributed by atoms with Crippen molar-refractivity contribution in [2.75, 3.05) is 13.7 Å². The summed E-state index contributed by atoms with van der Waals surface area (Å²) in [5, 5.41) is 0. The number of nitrogens with zero attached hydrogens (tertiary/aromatic N) is 2. The Morgan fingerprint density at radius 3 is 2.91 bits per heavy atom. The van der Waals surface area contributed by atoms with Crippen molar-refractivity contribution in [3.05, 3.63) is 54.2 Å². The smallest absolute Gasteiger partial charge is 0.410 e. The van der Waals surface area contributed by atoms with E-state index in [1.165, 1.54) is 6.26 Å². The Kier molecular flexibility index (Phi) is 4.39. The predicted molar refractivity (Wildman–Crippen MR) is 78.0 cm³/mol. The number of methoxy groups -OCH3 is 1. The number of likely N-dealkylation sites (tertiary alicyclic amines) is 1. The maximum Gasteiger partial charge on any atom is 0.410 e. The molecule has 0 aliphatic carbocycles. The monoisotopic (exact) mass is 302 g/mol. The third-order valence-electron chi connectivity index (χ3n) is 3.77. The minimum Gasteiger partial charge on any atom is -0.447 e. The Hall–Kier alpha value is -2.34. The summed E-state index contributed by atoms with van der Waals surface area (Å²) in [7, 11) is 1.64. The molecule has 0 bridgehead atoms. The lowest BCUT2D eigenvalue weighted by Gasteiger charge is -2.21. The van der Waals surface area contributed by atoms with E-state index in [4.69, 9.17) is 13.9 Å². The second-order valence-corrected chi connectivity index (χ2v) is 5.17. The minimum atomic E-state index is -0.383. The number of benzene rings is 1. The summed E-state index contributed by atoms with van der Waals surface area (Å²) < 4.78 is 16.1. The molecule has 116 valence electrons. The fourth-order valence-electron chi connectivity index (χ4n) is 2.61. The average Bonchev–Trinajstić information content (AvgIpc) is 3.22. The summed E-state index contributed by atoms with van der Waals surface area (Å²) in [6, 6.07) is 9.34. The van der Waals surface area contributed by atoms with Crippen LogP contribution < -0.4 is 0 Å². The second kappa shape index (κ2) is 6.62. The molecule has 0 saturated carbocycles. The molecule has 0 N–H and O–H groups in total. The number of hydrogen-bond acceptors (Lipinski definition) is 5. The lowest BCUT2D eigenvalue weighted by molar-refractivity contribution is 0.0780. The first-order valence-electron chi connectivity index (χ1n) is 7.17. The van der Waals surface area contributed by atoms with Crippen LogP contribution in [-0.4, -0.2) is 35.7 Å². The molecule has 6 heteroatoms. The van der Waals surface area contributed by atoms with Gasteiger partial charge < -0.3 is 13.9 Å². The minimum absolute atomic E-state index is 0.0406. The van der Waals surface area contributed by atoms with Gasteiger partial charge in [0.15, 0.2) is 0 Å². The maximum absolute atomic E-state index is 12.4. The molecular weight excluding hydrogens is 284 g/mol. The van der Waals surface area contributed by atoms with Crippen LogP contribution in [0.1, 0.15) is 23.9 Å². The van der Waals surface area contributed by atoms with Crippen LogP contribution in [0.4, 0.5) is 4.79 Å². The number of amides is 1. The van der Waals surface area contributed by atoms with Gasteiger partial charge in [0.2, 0.25) is 5.89 Å². The molecule has 2 heterocycles. The normalized spacial score (nSPS) is 21.0. The lowest BCUT2D eigenvalue weighted by Crippen LogP contribution is -2.32. The van der Waals surface area contributed by atoms with Crippen LogP contribution in [0.2, 0.25) is 0 Å². The highest BCUT2D eigenvalue weighted by atomic mass is 16.6. The van der Waals surface area contributed by atoms with E-state index in [0.717, 1.165) is 5.56 Å². The Morgan fingerprint density at radius 2 is 2.23 bits per heavy atom. The largest absolute Gasteiger partial charge is 0.447 e. The molecule has 1 fully saturated rings. The quantitative estimate of drug-likeness (QED) is 0.869. The molecule has 6 nitrogen and oxygen atoms in total. The van der Waals surface area contributed by atoms with Crippen molar-refractivity contribution in [1.29, 1.82) is 0 Å². The first-order valence-corrected chi connectivity index (χ1v) is 7.17. The van der Waals surface area contributed by atoms with Crippen molar-refractivity contribution >= 4 is 6.09 Å². The Labute approximate surface area is 128 Å². The first kappa shape index (κ1) is 14.6. The molecule has 22 heavy (non-hydrogen) atoms. The molecule has 0 radical (unpaired) electrons. The Balaban J connectivity index is 1.66. The standard InChI is InChI=1S/C16H18N2O4/c1-20-13-9-14(15-17-7-8-21-15)18(10-13)16(19)22-11-12-5-3-2-4-6-12/h2-8,13-14H,9-11H2,1H3/t13-,14-/m0/s1. The third-order valence-corrected chi connectivity index (χ3v) is 3.77. The molecule has 1 amide bonds. The molecule has 1 aliphatic heterocycles. The number of carbonyl (C=O) groups is 1. The van der Waals surface area contributed by atoms with E-state index in [-0.39, 0.29) is 24.8 Å². The van der Waals surface area contributed by atoms with E-state index in [1.54, 1.807) is 18.2 Å². The summed E-state index contributed by atoms with van der Waals surface area (Å²) in [6.45, 7) is 0.712. The SMILES string of the molecule is CO[C@H]1C[C@@H](c2ncco2)N(C(=O)OCc2ccccc2)C1. The molecular formula is C16H18N2O4. The summed E-state index contributed by atoms with van der Waals surface area (Å²) >= 11 is 0. The lowest BCUT2D eigenvalue weighted by atomic mass is 10.2. The van der Waals surface area contributed by atoms with E-state index >= 15 is 0 Å². The summed E-state index contributed by atoms with van der Waals surface area (Å²) in [5.41, 5.74) is 0.950. The van der Waals surface area contributed by atoms with Gasteiger partial charge in [-0.15, -0.1) is 0 Å². The Morgan fingerprint density at radius 1 is 1.41 bits per heavy atom. The molecule has 0 spiro atoms. The van der Waals surface area contributed by atoms with Crippen LogP contribution in [0.3, 0.4) is 0 Å². The number of aromatic nitrogens is 1. The number of oxazole rings is 1. The van der Waals surface area contributed by atoms with Crippen molar-refractivity contribution < 1.29 is 18.7 Å². The highest BCUT2D eigenvalue weighted by Crippen LogP contribution is 2.33. The third kappa shape index (κ3) is 3.12. The zero-order valence-corrected chi connectivity index (χ0v) is 12.3. The fraction of sp³-hybridized carbons (Fsp3) is 0.375. The van der Waals surface area contributed by atoms with E-state index in [2.05, 4.69) is 4.98 Å². The van der Waals surface area contributed by atoms with Crippen LogP contribution in [0.15, 0.2) is 47.2 Å². The topological polar surface area (TPSA) is 64.8 Å². The number of ether oxygens (including phenoxy) is 2. The van der Waals surface area contributed by atoms with Gasteiger partial charge >= 0.3 is 6.09 Å². The van der Waals surface area contributed by atoms with Crippen molar-refractivity contribution in [1.82, 2.24) is 9.88 Å². The average molecular weight is 302 g/mol. The van der Waals surface area contributed by atoms with Gasteiger partial charge in [-0.25, -0.2) is 9.78 Å². The fourth-order valence-corrected chi connectivity index (χ4v) is 2.61. The molecule has 2 atom stereocenters. The Bertz CT molecular complexity index is 600. The van der Waals surface area contributed by atoms with Crippen LogP contribution in [0, 0.1) is 0 Å². The van der Waals surface area contributed by atoms with E-state index < -0.39 is 0 Å². The van der Waals surface area contributed by atoms with Crippen LogP contribution in [0.25, 0.3) is 0 Å². The van der Waals surface area contributed by atoms with Gasteiger partial charge in [-0.2, -0.15) is 0 Å². The van der Waals surface area contributed by atoms with Crippen molar-refractivity contribution in [2.45, 2.75) is 25.2 Å². The van der Waals surface area contributed by atoms with Gasteiger partial charge in [0.05, 0.1) is 18.8 Å². The first-order chi connectivity index (χ1) is 10.8. The number of carbonyl (C=O) groups excluding carboxylic acids is 1. The van der Waals surface area contributed by atoms with Gasteiger partial charge in [0.1, 0.15) is 18.9 Å². The van der Waals surface area contributed by atoms with Crippen molar-refractivity contribution in [3.63, 3.8) is 0 Å². The number of rotatable bonds is 4. The summed E-state index contributed by atoms with van der Waals surface area (Å²) in [5.74, 6) is 0.510. The van der Waals surface area contributed by atoms with E-state index in [1.807, 2.05) is 30.3 Å². The molecule has 1 aromatic carbocycles. The van der Waals surface area contributed by atoms with Crippen LogP contribution in [0.5, 0.6) is 0 Å². The molecule has 1 aliphatic rings. The predicted octanol–water partition coefficient (Wildman–Crippen LogP) is 2.77. The van der Waals surface area contributed by atoms with Gasteiger partial charge in [-0.3, -0.25) is 4.90 Å². The highest BCUT2D eigenvalue weighted by Gasteiger charge is 2.39. The highest BCUT2D eigenvalue weighted by molar-refractivity contribution is 5.68. The van der Waals surface area contributed by atoms with Gasteiger partial charge in [0, 0.05) is 13.5 Å². The zero-order valence-electron chi connectivity index (χ0n) is 12.3. The summed E-state index contributed by atoms with van der Waals surface area (Å²) in [6.07, 6.45) is 3.30. The van der Waals surface area contributed by atoms with Crippen LogP contribution in [-0.2, 0) is 16.1 Å². The molecule has 3 rings (SSSR count). The summed E-state index contributed by atoms with van der Waals surface area (Å²) in [4.78, 5) is 18.1. The molecule has 2 aromatic rings. The molecule has 1 aromatic heterocycles. The van der Waals surface area contributed by atoms with Gasteiger partial charge in [0.25, 0.3) is 0 Å².